The number of carboxylic acids is 6. The Hall–Kier alpha value is -9.77. The van der Waals surface area contributed by atoms with E-state index in [1.54, 1.807) is 85.1 Å². The van der Waals surface area contributed by atoms with E-state index in [0.717, 1.165) is 37.8 Å². The number of carboxylic acid groups (broad SMARTS) is 6. The minimum absolute atomic E-state index is 0.0215. The summed E-state index contributed by atoms with van der Waals surface area (Å²) in [7, 11) is 0. The molecule has 1 heterocycles. The van der Waals surface area contributed by atoms with Crippen molar-refractivity contribution in [2.75, 3.05) is 39.5 Å². The van der Waals surface area contributed by atoms with Crippen LogP contribution in [-0.4, -0.2) is 181 Å². The number of amides is 2. The number of pyridine rings is 1. The number of nitrogens with zero attached hydrogens (tertiary/aromatic N) is 2. The predicted octanol–water partition coefficient (Wildman–Crippen LogP) is 6.05. The van der Waals surface area contributed by atoms with Crippen LogP contribution in [0.3, 0.4) is 0 Å². The van der Waals surface area contributed by atoms with E-state index < -0.39 is 99.8 Å². The number of nitrogens with one attached hydrogen (secondary N) is 2. The highest BCUT2D eigenvalue weighted by Crippen LogP contribution is 2.17. The second-order valence-electron chi connectivity index (χ2n) is 24.0. The number of hydrogen-bond acceptors (Lipinski definition) is 22. The Kier molecular flexibility index (Phi) is 52.8. The van der Waals surface area contributed by atoms with Gasteiger partial charge in [-0.1, -0.05) is 98.6 Å². The predicted molar refractivity (Wildman–Crippen MR) is 375 cm³/mol. The van der Waals surface area contributed by atoms with Gasteiger partial charge in [-0.25, -0.2) is 13.6 Å². The van der Waals surface area contributed by atoms with Crippen molar-refractivity contribution in [3.8, 4) is 0 Å². The number of carbonyl (C=O) groups excluding carboxylic acids is 6. The number of Topliss-reactive ketones (excluding diaryl/α,β-unsaturated/α-hetero) is 4. The molecule has 0 bridgehead atoms. The fourth-order valence-corrected chi connectivity index (χ4v) is 7.25. The summed E-state index contributed by atoms with van der Waals surface area (Å²) in [5.74, 6) is -8.71. The Morgan fingerprint density at radius 2 is 0.971 bits per heavy atom. The first-order chi connectivity index (χ1) is 48.1. The van der Waals surface area contributed by atoms with Crippen LogP contribution in [0.15, 0.2) is 91.3 Å². The van der Waals surface area contributed by atoms with E-state index in [1.807, 2.05) is 13.8 Å². The Morgan fingerprint density at radius 3 is 1.39 bits per heavy atom. The first-order valence-corrected chi connectivity index (χ1v) is 32.7. The maximum absolute atomic E-state index is 13.0. The lowest BCUT2D eigenvalue weighted by Gasteiger charge is -2.09. The molecular weight excluding hydrogens is 1360 g/mol. The number of aromatic carboxylic acids is 1. The number of carbonyl (C=O) groups is 12. The molecule has 4 rings (SSSR count). The normalized spacial score (nSPS) is 11.8. The molecule has 0 saturated heterocycles. The third-order valence-electron chi connectivity index (χ3n) is 13.6. The van der Waals surface area contributed by atoms with Crippen molar-refractivity contribution >= 4 is 76.5 Å². The number of aliphatic carboxylic acids is 5. The topological polar surface area (TPSA) is 555 Å². The molecule has 18 N–H and O–H groups in total. The molecule has 3 aromatic carbocycles. The molecule has 4 unspecified atom stereocenters. The van der Waals surface area contributed by atoms with Crippen LogP contribution >= 0.6 is 0 Å². The van der Waals surface area contributed by atoms with Crippen LogP contribution in [0.5, 0.6) is 0 Å². The lowest BCUT2D eigenvalue weighted by Crippen LogP contribution is -2.43. The van der Waals surface area contributed by atoms with Crippen molar-refractivity contribution in [2.24, 2.45) is 52.3 Å². The van der Waals surface area contributed by atoms with Gasteiger partial charge >= 0.3 is 35.8 Å². The minimum atomic E-state index is -1.11. The summed E-state index contributed by atoms with van der Waals surface area (Å²) < 4.78 is 36.5. The van der Waals surface area contributed by atoms with Crippen molar-refractivity contribution in [3.63, 3.8) is 0 Å². The second kappa shape index (κ2) is 55.9. The van der Waals surface area contributed by atoms with Gasteiger partial charge in [-0.05, 0) is 93.0 Å². The van der Waals surface area contributed by atoms with Crippen LogP contribution in [0.4, 0.5) is 14.5 Å². The number of aromatic nitrogens is 1. The molecule has 0 aliphatic carbocycles. The van der Waals surface area contributed by atoms with E-state index in [9.17, 15) is 76.4 Å². The van der Waals surface area contributed by atoms with Gasteiger partial charge in [-0.15, -0.1) is 0 Å². The molecule has 2 amide bonds. The molecule has 103 heavy (non-hydrogen) atoms. The Bertz CT molecular complexity index is 3160. The largest absolute Gasteiger partial charge is 0.480 e. The maximum atomic E-state index is 13.0. The second-order valence-corrected chi connectivity index (χ2v) is 24.0. The number of nitro benzene ring substituents is 1. The number of ether oxygens (including phenoxy) is 2. The van der Waals surface area contributed by atoms with E-state index in [2.05, 4.69) is 15.6 Å². The standard InChI is InChI=1S/C13H18N2O3.C13H24O4.C10H10F2O.C10H11NO4.C9H10N2O4.C8H16N2O3.C7H14N2O3/c14-11(13(17)18)6-2-1-3-7-12(16)10-5-4-8-15-9-10;1-11(2)13(15)6-8-17-10-9-16-7-4-5-12(3)14;1-6(2)10(13)9-7(11)4-3-5-8(9)12;11-8(10(14)15)5-6-1-3-7(4-2-6)9(12)13;10-8(9(12)13)5-6-1-3-7(4-2-6)11(14)15;1-5(2)7(11)10-4-3-6(9)8(12)13;1-4(2)6(10)9-3-5(8)7(11)12/h4-5,8-9,11H,1-3,6-7,14H2,(H,17,18);11H,4-10H2,1-3H3;3-6H,1-2H3;1-4,8H,5,11H2,(H,12,13)(H,14,15);1-4,8H,5,10H2,(H,12,13);5-6H,3-4,9H2,1-2H3,(H,10,11)(H,12,13);4-5H,3,8H2,1-2H3,(H,9,10)(H,11,12)/t11-;;;;;;/m0....../s1. The maximum Gasteiger partial charge on any atom is 0.335 e. The molecule has 0 spiro atoms. The number of benzene rings is 3. The zero-order chi connectivity index (χ0) is 79.5. The number of nitrogens with two attached hydrogens (primary N) is 5. The monoisotopic (exact) mass is 1460 g/mol. The number of non-ortho nitro benzene ring substituents is 1. The average Bonchev–Trinajstić information content (AvgIpc) is 0.825. The van der Waals surface area contributed by atoms with Gasteiger partial charge in [0, 0.05) is 92.7 Å². The molecule has 1 aromatic heterocycles. The van der Waals surface area contributed by atoms with E-state index in [1.165, 1.54) is 42.5 Å². The quantitative estimate of drug-likeness (QED) is 0.0105. The highest BCUT2D eigenvalue weighted by molar-refractivity contribution is 5.98. The number of halogens is 2. The third-order valence-corrected chi connectivity index (χ3v) is 13.6. The van der Waals surface area contributed by atoms with Crippen molar-refractivity contribution in [3.05, 3.63) is 141 Å². The lowest BCUT2D eigenvalue weighted by molar-refractivity contribution is -0.384. The molecule has 0 saturated carbocycles. The van der Waals surface area contributed by atoms with Gasteiger partial charge in [0.05, 0.1) is 35.9 Å². The first-order valence-electron chi connectivity index (χ1n) is 32.7. The number of nitro groups is 1. The summed E-state index contributed by atoms with van der Waals surface area (Å²) in [4.78, 5) is 143. The fraction of sp³-hybridized carbons (Fsp3) is 0.500. The molecular formula is C70H103F2N9O22. The smallest absolute Gasteiger partial charge is 0.335 e. The Morgan fingerprint density at radius 1 is 0.505 bits per heavy atom. The Labute approximate surface area is 597 Å². The van der Waals surface area contributed by atoms with Crippen molar-refractivity contribution in [1.29, 1.82) is 0 Å². The van der Waals surface area contributed by atoms with E-state index in [-0.39, 0.29) is 84.0 Å². The van der Waals surface area contributed by atoms with Crippen LogP contribution < -0.4 is 39.3 Å². The minimum Gasteiger partial charge on any atom is -0.480 e. The van der Waals surface area contributed by atoms with Crippen LogP contribution in [0.2, 0.25) is 0 Å². The number of unbranched alkanes of at least 4 members (excludes halogenated alkanes) is 2. The summed E-state index contributed by atoms with van der Waals surface area (Å²) in [6, 6.07) is 13.9. The lowest BCUT2D eigenvalue weighted by atomic mass is 10.0. The highest BCUT2D eigenvalue weighted by Gasteiger charge is 2.21. The molecule has 0 radical (unpaired) electrons. The van der Waals surface area contributed by atoms with Gasteiger partial charge in [0.1, 0.15) is 53.4 Å². The van der Waals surface area contributed by atoms with Gasteiger partial charge in [-0.3, -0.25) is 63.0 Å². The summed E-state index contributed by atoms with van der Waals surface area (Å²) in [5, 5.41) is 66.4. The average molecular weight is 1460 g/mol. The van der Waals surface area contributed by atoms with Crippen LogP contribution in [0.1, 0.15) is 162 Å². The van der Waals surface area contributed by atoms with Gasteiger partial charge in [0.15, 0.2) is 11.6 Å². The SMILES string of the molecule is CC(=O)CCCOCCOCCC(=O)C(C)C.CC(C)C(=O)NCC(N)C(=O)O.CC(C)C(=O)NCCC(N)C(=O)O.CC(C)C(=O)c1c(F)cccc1F.NC(Cc1ccc(C(=O)O)cc1)C(=O)O.NC(Cc1ccc([N+](=O)[O-])cc1)C(=O)O.N[C@@H](CCCCCC(=O)c1cccnc1)C(=O)O. The molecule has 574 valence electrons. The van der Waals surface area contributed by atoms with Crippen molar-refractivity contribution in [2.45, 2.75) is 163 Å². The molecule has 33 heteroatoms. The summed E-state index contributed by atoms with van der Waals surface area (Å²) in [6.45, 7) is 17.9. The summed E-state index contributed by atoms with van der Waals surface area (Å²) in [6.07, 6.45) is 8.82. The Balaban J connectivity index is -0.00000114. The molecule has 4 aromatic rings. The highest BCUT2D eigenvalue weighted by atomic mass is 19.1. The van der Waals surface area contributed by atoms with E-state index in [0.29, 0.717) is 75.3 Å². The molecule has 5 atom stereocenters. The molecule has 0 aliphatic rings. The molecule has 0 aliphatic heterocycles. The van der Waals surface area contributed by atoms with Crippen molar-refractivity contribution < 1.29 is 111 Å². The van der Waals surface area contributed by atoms with Crippen LogP contribution in [-0.2, 0) is 65.5 Å². The zero-order valence-electron chi connectivity index (χ0n) is 59.6. The summed E-state index contributed by atoms with van der Waals surface area (Å²) >= 11 is 0. The van der Waals surface area contributed by atoms with Gasteiger partial charge in [0.2, 0.25) is 11.8 Å². The summed E-state index contributed by atoms with van der Waals surface area (Å²) in [5.41, 5.74) is 28.1. The third kappa shape index (κ3) is 49.4. The van der Waals surface area contributed by atoms with Gasteiger partial charge in [-0.2, -0.15) is 0 Å². The molecule has 0 fully saturated rings. The first kappa shape index (κ1) is 97.4. The number of hydrogen-bond donors (Lipinski definition) is 13. The fourth-order valence-electron chi connectivity index (χ4n) is 7.25. The van der Waals surface area contributed by atoms with Crippen molar-refractivity contribution in [1.82, 2.24) is 15.6 Å². The van der Waals surface area contributed by atoms with E-state index >= 15 is 0 Å². The number of ketones is 4. The van der Waals surface area contributed by atoms with Gasteiger partial charge < -0.3 is 84.2 Å². The zero-order valence-corrected chi connectivity index (χ0v) is 59.6. The van der Waals surface area contributed by atoms with Crippen LogP contribution in [0.25, 0.3) is 0 Å². The number of rotatable bonds is 38. The van der Waals surface area contributed by atoms with E-state index in [4.69, 9.17) is 68.8 Å². The van der Waals surface area contributed by atoms with Crippen LogP contribution in [0, 0.1) is 45.4 Å². The molecule has 31 nitrogen and oxygen atoms in total. The van der Waals surface area contributed by atoms with Gasteiger partial charge in [0.25, 0.3) is 5.69 Å².